The lowest BCUT2D eigenvalue weighted by atomic mass is 10.1. The Labute approximate surface area is 144 Å². The molecule has 0 aliphatic carbocycles. The molecular weight excluding hydrogens is 330 g/mol. The molecule has 0 saturated carbocycles. The molecule has 0 unspecified atom stereocenters. The molecule has 2 aromatic heterocycles. The van der Waals surface area contributed by atoms with Crippen molar-refractivity contribution in [3.05, 3.63) is 18.0 Å². The first-order valence-corrected chi connectivity index (χ1v) is 8.87. The van der Waals surface area contributed by atoms with Crippen molar-refractivity contribution in [3.63, 3.8) is 0 Å². The largest absolute Gasteiger partial charge is 0.368 e. The van der Waals surface area contributed by atoms with Crippen LogP contribution in [-0.4, -0.2) is 56.5 Å². The molecule has 3 heterocycles. The van der Waals surface area contributed by atoms with Crippen LogP contribution in [0.15, 0.2) is 12.3 Å². The second-order valence-corrected chi connectivity index (χ2v) is 6.84. The van der Waals surface area contributed by atoms with E-state index in [0.29, 0.717) is 10.4 Å². The predicted octanol–water partition coefficient (Wildman–Crippen LogP) is 1.13. The highest BCUT2D eigenvalue weighted by Gasteiger charge is 2.27. The van der Waals surface area contributed by atoms with Gasteiger partial charge in [0.25, 0.3) is 0 Å². The molecule has 0 spiro atoms. The average molecular weight is 349 g/mol. The lowest BCUT2D eigenvalue weighted by Gasteiger charge is -2.40. The van der Waals surface area contributed by atoms with Gasteiger partial charge in [0.05, 0.1) is 11.4 Å². The van der Waals surface area contributed by atoms with E-state index in [1.54, 1.807) is 4.68 Å². The zero-order valence-corrected chi connectivity index (χ0v) is 14.9. The van der Waals surface area contributed by atoms with Gasteiger partial charge in [-0.15, -0.1) is 0 Å². The van der Waals surface area contributed by atoms with Crippen molar-refractivity contribution in [2.24, 2.45) is 0 Å². The summed E-state index contributed by atoms with van der Waals surface area (Å²) in [6.07, 6.45) is 3.83. The maximum atomic E-state index is 5.90. The Morgan fingerprint density at radius 3 is 2.83 bits per heavy atom. The first-order valence-electron chi connectivity index (χ1n) is 7.23. The van der Waals surface area contributed by atoms with Gasteiger partial charge in [-0.2, -0.15) is 10.1 Å². The smallest absolute Gasteiger partial charge is 0.222 e. The lowest BCUT2D eigenvalue weighted by Crippen LogP contribution is -2.57. The molecule has 9 heteroatoms. The number of nitrogen functional groups attached to an aromatic ring is 1. The minimum atomic E-state index is 0.269. The molecule has 0 amide bonds. The summed E-state index contributed by atoms with van der Waals surface area (Å²) < 4.78 is 2.39. The van der Waals surface area contributed by atoms with Gasteiger partial charge >= 0.3 is 0 Å². The van der Waals surface area contributed by atoms with Crippen LogP contribution in [0.2, 0.25) is 0 Å². The molecule has 0 bridgehead atoms. The Hall–Kier alpha value is -1.71. The van der Waals surface area contributed by atoms with Gasteiger partial charge in [-0.3, -0.25) is 0 Å². The molecule has 2 aromatic rings. The van der Waals surface area contributed by atoms with Crippen LogP contribution in [0.4, 0.5) is 11.8 Å². The molecule has 1 saturated heterocycles. The number of rotatable bonds is 3. The zero-order chi connectivity index (χ0) is 16.6. The number of aryl methyl sites for hydroxylation is 1. The number of thioether (sulfide) groups is 1. The fourth-order valence-corrected chi connectivity index (χ4v) is 2.87. The first kappa shape index (κ1) is 16.2. The number of thiocarbonyl (C=S) groups is 1. The number of hydrogen-bond donors (Lipinski definition) is 2. The van der Waals surface area contributed by atoms with Crippen LogP contribution in [-0.2, 0) is 0 Å². The number of nitrogens with one attached hydrogen (secondary N) is 1. The number of nitrogens with zero attached hydrogens (tertiary/aromatic N) is 5. The predicted molar refractivity (Wildman–Crippen MR) is 99.0 cm³/mol. The van der Waals surface area contributed by atoms with Crippen molar-refractivity contribution in [1.82, 2.24) is 25.1 Å². The molecule has 7 nitrogen and oxygen atoms in total. The summed E-state index contributed by atoms with van der Waals surface area (Å²) in [7, 11) is 1.97. The standard InChI is InChI=1S/C14H19N7S2/c1-8-10(7-21(19-8)14(22)23-3)11-4-12(18-13(15)17-11)20-5-9(6-20)16-2/h4,7,9,16H,5-6H2,1-3H3,(H2,15,17,18). The van der Waals surface area contributed by atoms with E-state index in [1.165, 1.54) is 11.8 Å². The fourth-order valence-electron chi connectivity index (χ4n) is 2.50. The minimum Gasteiger partial charge on any atom is -0.368 e. The van der Waals surface area contributed by atoms with Gasteiger partial charge in [0.1, 0.15) is 5.82 Å². The molecule has 122 valence electrons. The topological polar surface area (TPSA) is 84.9 Å². The van der Waals surface area contributed by atoms with E-state index in [9.17, 15) is 0 Å². The lowest BCUT2D eigenvalue weighted by molar-refractivity contribution is 0.447. The summed E-state index contributed by atoms with van der Waals surface area (Å²) in [5.74, 6) is 1.11. The molecule has 0 atom stereocenters. The van der Waals surface area contributed by atoms with Crippen LogP contribution in [0.1, 0.15) is 5.69 Å². The van der Waals surface area contributed by atoms with Gasteiger partial charge < -0.3 is 16.0 Å². The number of anilines is 2. The van der Waals surface area contributed by atoms with Crippen molar-refractivity contribution in [3.8, 4) is 11.3 Å². The fraction of sp³-hybridized carbons (Fsp3) is 0.429. The van der Waals surface area contributed by atoms with Crippen LogP contribution in [0.25, 0.3) is 11.3 Å². The average Bonchev–Trinajstić information content (AvgIpc) is 2.87. The summed E-state index contributed by atoms with van der Waals surface area (Å²) in [6.45, 7) is 3.77. The number of hydrogen-bond acceptors (Lipinski definition) is 8. The third-order valence-electron chi connectivity index (χ3n) is 3.88. The van der Waals surface area contributed by atoms with E-state index in [2.05, 4.69) is 25.3 Å². The monoisotopic (exact) mass is 349 g/mol. The molecule has 3 rings (SSSR count). The van der Waals surface area contributed by atoms with Gasteiger partial charge in [0.15, 0.2) is 4.32 Å². The van der Waals surface area contributed by atoms with Crippen molar-refractivity contribution < 1.29 is 0 Å². The third kappa shape index (κ3) is 3.17. The Kier molecular flexibility index (Phi) is 4.51. The third-order valence-corrected chi connectivity index (χ3v) is 5.10. The highest BCUT2D eigenvalue weighted by atomic mass is 32.2. The summed E-state index contributed by atoms with van der Waals surface area (Å²) >= 11 is 6.76. The van der Waals surface area contributed by atoms with Crippen LogP contribution >= 0.6 is 24.0 Å². The van der Waals surface area contributed by atoms with Gasteiger partial charge in [0, 0.05) is 37.0 Å². The summed E-state index contributed by atoms with van der Waals surface area (Å²) in [5.41, 5.74) is 8.46. The van der Waals surface area contributed by atoms with E-state index >= 15 is 0 Å². The van der Waals surface area contributed by atoms with Crippen LogP contribution in [0.5, 0.6) is 0 Å². The quantitative estimate of drug-likeness (QED) is 0.798. The molecule has 3 N–H and O–H groups in total. The van der Waals surface area contributed by atoms with Crippen molar-refractivity contribution in [1.29, 1.82) is 0 Å². The van der Waals surface area contributed by atoms with Crippen molar-refractivity contribution in [2.45, 2.75) is 13.0 Å². The van der Waals surface area contributed by atoms with Crippen LogP contribution < -0.4 is 16.0 Å². The maximum Gasteiger partial charge on any atom is 0.222 e. The summed E-state index contributed by atoms with van der Waals surface area (Å²) in [6, 6.07) is 2.46. The number of nitrogens with two attached hydrogens (primary N) is 1. The van der Waals surface area contributed by atoms with Gasteiger partial charge in [-0.1, -0.05) is 24.0 Å². The Bertz CT molecular complexity index is 737. The van der Waals surface area contributed by atoms with Crippen molar-refractivity contribution in [2.75, 3.05) is 37.0 Å². The van der Waals surface area contributed by atoms with Crippen LogP contribution in [0.3, 0.4) is 0 Å². The molecule has 1 fully saturated rings. The van der Waals surface area contributed by atoms with E-state index in [0.717, 1.165) is 35.9 Å². The first-order chi connectivity index (χ1) is 11.0. The molecule has 1 aliphatic heterocycles. The summed E-state index contributed by atoms with van der Waals surface area (Å²) in [4.78, 5) is 10.9. The van der Waals surface area contributed by atoms with Crippen LogP contribution in [0, 0.1) is 6.92 Å². The molecule has 23 heavy (non-hydrogen) atoms. The van der Waals surface area contributed by atoms with E-state index in [4.69, 9.17) is 18.0 Å². The second kappa shape index (κ2) is 6.42. The molecule has 0 aromatic carbocycles. The Morgan fingerprint density at radius 2 is 2.17 bits per heavy atom. The maximum absolute atomic E-state index is 5.90. The second-order valence-electron chi connectivity index (χ2n) is 5.40. The molecule has 1 aliphatic rings. The SMILES string of the molecule is CNC1CN(c2cc(-c3cn(C(=S)SC)nc3C)nc(N)n2)C1. The Morgan fingerprint density at radius 1 is 1.43 bits per heavy atom. The van der Waals surface area contributed by atoms with Crippen molar-refractivity contribution >= 4 is 40.1 Å². The Balaban J connectivity index is 1.93. The van der Waals surface area contributed by atoms with Gasteiger partial charge in [-0.05, 0) is 20.2 Å². The highest BCUT2D eigenvalue weighted by molar-refractivity contribution is 8.22. The molecular formula is C14H19N7S2. The normalized spacial score (nSPS) is 14.8. The molecule has 0 radical (unpaired) electrons. The minimum absolute atomic E-state index is 0.269. The van der Waals surface area contributed by atoms with E-state index < -0.39 is 0 Å². The van der Waals surface area contributed by atoms with Gasteiger partial charge in [-0.25, -0.2) is 9.67 Å². The number of likely N-dealkylation sites (N-methyl/N-ethyl adjacent to an activating group) is 1. The van der Waals surface area contributed by atoms with E-state index in [1.807, 2.05) is 32.5 Å². The highest BCUT2D eigenvalue weighted by Crippen LogP contribution is 2.27. The van der Waals surface area contributed by atoms with Gasteiger partial charge in [0.2, 0.25) is 5.95 Å². The summed E-state index contributed by atoms with van der Waals surface area (Å²) in [5, 5.41) is 7.70. The van der Waals surface area contributed by atoms with E-state index in [-0.39, 0.29) is 5.95 Å². The zero-order valence-electron chi connectivity index (χ0n) is 13.3. The number of aromatic nitrogens is 4.